The Bertz CT molecular complexity index is 135. The third-order valence-corrected chi connectivity index (χ3v) is 4.87. The van der Waals surface area contributed by atoms with E-state index >= 15 is 0 Å². The van der Waals surface area contributed by atoms with E-state index in [-0.39, 0.29) is 0 Å². The van der Waals surface area contributed by atoms with Crippen molar-refractivity contribution in [3.8, 4) is 0 Å². The molecule has 0 nitrogen and oxygen atoms in total. The van der Waals surface area contributed by atoms with E-state index in [2.05, 4.69) is 13.8 Å². The summed E-state index contributed by atoms with van der Waals surface area (Å²) in [6, 6.07) is 0. The van der Waals surface area contributed by atoms with Crippen molar-refractivity contribution in [3.63, 3.8) is 0 Å². The van der Waals surface area contributed by atoms with Gasteiger partial charge in [0.1, 0.15) is 0 Å². The highest BCUT2D eigenvalue weighted by atomic mass is 14.6. The van der Waals surface area contributed by atoms with Crippen molar-refractivity contribution < 1.29 is 0 Å². The smallest absolute Gasteiger partial charge is 0.0243 e. The molecule has 0 amide bonds. The van der Waals surface area contributed by atoms with Crippen molar-refractivity contribution in [2.24, 2.45) is 10.8 Å². The molecular formula is C11H20. The molecule has 0 aromatic rings. The predicted octanol–water partition coefficient (Wildman–Crippen LogP) is 3.76. The van der Waals surface area contributed by atoms with Crippen LogP contribution in [0.3, 0.4) is 0 Å². The van der Waals surface area contributed by atoms with Crippen LogP contribution in [0.4, 0.5) is 0 Å². The molecule has 0 aliphatic heterocycles. The molecule has 2 rings (SSSR count). The van der Waals surface area contributed by atoms with Crippen LogP contribution < -0.4 is 0 Å². The minimum atomic E-state index is 0.821. The summed E-state index contributed by atoms with van der Waals surface area (Å²) in [5.41, 5.74) is 1.64. The number of rotatable bonds is 2. The van der Waals surface area contributed by atoms with E-state index < -0.39 is 0 Å². The molecule has 0 heterocycles. The molecule has 0 N–H and O–H groups in total. The van der Waals surface area contributed by atoms with Gasteiger partial charge in [-0.3, -0.25) is 0 Å². The molecule has 2 atom stereocenters. The molecule has 0 saturated heterocycles. The van der Waals surface area contributed by atoms with Crippen LogP contribution in [0.15, 0.2) is 0 Å². The van der Waals surface area contributed by atoms with E-state index in [1.54, 1.807) is 0 Å². The second-order valence-corrected chi connectivity index (χ2v) is 4.62. The zero-order valence-corrected chi connectivity index (χ0v) is 7.95. The Morgan fingerprint density at radius 3 is 1.55 bits per heavy atom. The highest BCUT2D eigenvalue weighted by Gasteiger charge is 2.58. The molecule has 64 valence electrons. The molecule has 0 heteroatoms. The van der Waals surface area contributed by atoms with Crippen LogP contribution >= 0.6 is 0 Å². The van der Waals surface area contributed by atoms with Crippen LogP contribution in [-0.2, 0) is 0 Å². The van der Waals surface area contributed by atoms with Gasteiger partial charge in [0.2, 0.25) is 0 Å². The zero-order chi connectivity index (χ0) is 7.95. The Hall–Kier alpha value is 0. The van der Waals surface area contributed by atoms with Gasteiger partial charge in [-0.05, 0) is 49.4 Å². The first kappa shape index (κ1) is 7.64. The average molecular weight is 152 g/mol. The van der Waals surface area contributed by atoms with Gasteiger partial charge in [0.25, 0.3) is 0 Å². The first-order valence-electron chi connectivity index (χ1n) is 5.29. The summed E-state index contributed by atoms with van der Waals surface area (Å²) in [4.78, 5) is 0. The van der Waals surface area contributed by atoms with Gasteiger partial charge < -0.3 is 0 Å². The maximum absolute atomic E-state index is 2.40. The van der Waals surface area contributed by atoms with Crippen molar-refractivity contribution >= 4 is 0 Å². The SMILES string of the molecule is CCC12CCCC1(CC)CC2. The lowest BCUT2D eigenvalue weighted by molar-refractivity contribution is -0.0569. The maximum atomic E-state index is 2.40. The Kier molecular flexibility index (Phi) is 1.56. The summed E-state index contributed by atoms with van der Waals surface area (Å²) < 4.78 is 0. The lowest BCUT2D eigenvalue weighted by Crippen LogP contribution is -2.46. The second-order valence-electron chi connectivity index (χ2n) is 4.62. The minimum absolute atomic E-state index is 0.821. The summed E-state index contributed by atoms with van der Waals surface area (Å²) in [7, 11) is 0. The molecule has 0 radical (unpaired) electrons. The topological polar surface area (TPSA) is 0 Å². The van der Waals surface area contributed by atoms with E-state index in [0.717, 1.165) is 10.8 Å². The maximum Gasteiger partial charge on any atom is -0.0243 e. The molecular weight excluding hydrogens is 132 g/mol. The Balaban J connectivity index is 2.21. The van der Waals surface area contributed by atoms with Gasteiger partial charge in [-0.15, -0.1) is 0 Å². The van der Waals surface area contributed by atoms with E-state index in [1.165, 1.54) is 44.9 Å². The molecule has 11 heavy (non-hydrogen) atoms. The molecule has 2 aliphatic carbocycles. The highest BCUT2D eigenvalue weighted by Crippen LogP contribution is 2.69. The fraction of sp³-hybridized carbons (Fsp3) is 1.00. The molecule has 2 saturated carbocycles. The van der Waals surface area contributed by atoms with E-state index in [4.69, 9.17) is 0 Å². The first-order valence-corrected chi connectivity index (χ1v) is 5.29. The van der Waals surface area contributed by atoms with Crippen molar-refractivity contribution in [3.05, 3.63) is 0 Å². The van der Waals surface area contributed by atoms with Crippen LogP contribution in [0, 0.1) is 10.8 Å². The van der Waals surface area contributed by atoms with Gasteiger partial charge in [-0.1, -0.05) is 20.3 Å². The fourth-order valence-electron chi connectivity index (χ4n) is 3.83. The first-order chi connectivity index (χ1) is 5.29. The third kappa shape index (κ3) is 0.711. The van der Waals surface area contributed by atoms with Crippen LogP contribution in [0.5, 0.6) is 0 Å². The van der Waals surface area contributed by atoms with Crippen molar-refractivity contribution in [1.82, 2.24) is 0 Å². The van der Waals surface area contributed by atoms with Gasteiger partial charge in [0.05, 0.1) is 0 Å². The lowest BCUT2D eigenvalue weighted by atomic mass is 9.49. The molecule has 2 unspecified atom stereocenters. The fourth-order valence-corrected chi connectivity index (χ4v) is 3.83. The zero-order valence-electron chi connectivity index (χ0n) is 7.95. The van der Waals surface area contributed by atoms with E-state index in [9.17, 15) is 0 Å². The molecule has 0 aromatic carbocycles. The summed E-state index contributed by atoms with van der Waals surface area (Å²) in [6.07, 6.45) is 10.6. The van der Waals surface area contributed by atoms with Gasteiger partial charge in [0.15, 0.2) is 0 Å². The molecule has 2 fully saturated rings. The quantitative estimate of drug-likeness (QED) is 0.565. The standard InChI is InChI=1S/C11H20/c1-3-10-6-5-7-11(10,4-2)9-8-10/h3-9H2,1-2H3. The van der Waals surface area contributed by atoms with Crippen LogP contribution in [0.25, 0.3) is 0 Å². The Morgan fingerprint density at radius 2 is 1.27 bits per heavy atom. The molecule has 2 aliphatic rings. The Morgan fingerprint density at radius 1 is 0.818 bits per heavy atom. The third-order valence-electron chi connectivity index (χ3n) is 4.87. The Labute approximate surface area is 70.4 Å². The van der Waals surface area contributed by atoms with Gasteiger partial charge in [-0.2, -0.15) is 0 Å². The van der Waals surface area contributed by atoms with Gasteiger partial charge in [0, 0.05) is 0 Å². The number of hydrogen-bond acceptors (Lipinski definition) is 0. The van der Waals surface area contributed by atoms with E-state index in [0.29, 0.717) is 0 Å². The minimum Gasteiger partial charge on any atom is -0.0648 e. The van der Waals surface area contributed by atoms with Crippen molar-refractivity contribution in [1.29, 1.82) is 0 Å². The largest absolute Gasteiger partial charge is 0.0648 e. The summed E-state index contributed by atoms with van der Waals surface area (Å²) >= 11 is 0. The summed E-state index contributed by atoms with van der Waals surface area (Å²) in [5.74, 6) is 0. The van der Waals surface area contributed by atoms with Crippen LogP contribution in [0.1, 0.15) is 58.8 Å². The number of hydrogen-bond donors (Lipinski definition) is 0. The predicted molar refractivity (Wildman–Crippen MR) is 48.5 cm³/mol. The monoisotopic (exact) mass is 152 g/mol. The van der Waals surface area contributed by atoms with Gasteiger partial charge >= 0.3 is 0 Å². The molecule has 0 aromatic heterocycles. The van der Waals surface area contributed by atoms with E-state index in [1.807, 2.05) is 0 Å². The number of fused-ring (bicyclic) bond motifs is 1. The normalized spacial score (nSPS) is 48.5. The molecule has 0 bridgehead atoms. The second kappa shape index (κ2) is 2.24. The van der Waals surface area contributed by atoms with Crippen LogP contribution in [-0.4, -0.2) is 0 Å². The highest BCUT2D eigenvalue weighted by molar-refractivity contribution is 5.09. The van der Waals surface area contributed by atoms with Gasteiger partial charge in [-0.25, -0.2) is 0 Å². The summed E-state index contributed by atoms with van der Waals surface area (Å²) in [5, 5.41) is 0. The average Bonchev–Trinajstić information content (AvgIpc) is 2.26. The van der Waals surface area contributed by atoms with Crippen LogP contribution in [0.2, 0.25) is 0 Å². The van der Waals surface area contributed by atoms with Crippen molar-refractivity contribution in [2.45, 2.75) is 58.8 Å². The van der Waals surface area contributed by atoms with Crippen molar-refractivity contribution in [2.75, 3.05) is 0 Å². The lowest BCUT2D eigenvalue weighted by Gasteiger charge is -2.56. The summed E-state index contributed by atoms with van der Waals surface area (Å²) in [6.45, 7) is 4.80. The molecule has 0 spiro atoms.